The topological polar surface area (TPSA) is 77.2 Å². The van der Waals surface area contributed by atoms with Gasteiger partial charge in [-0.25, -0.2) is 4.39 Å². The minimum atomic E-state index is -0.564. The van der Waals surface area contributed by atoms with Crippen molar-refractivity contribution in [3.63, 3.8) is 0 Å². The Morgan fingerprint density at radius 1 is 1.25 bits per heavy atom. The summed E-state index contributed by atoms with van der Waals surface area (Å²) in [6.07, 6.45) is 0. The van der Waals surface area contributed by atoms with Crippen molar-refractivity contribution in [1.82, 2.24) is 10.2 Å². The Morgan fingerprint density at radius 3 is 2.89 bits per heavy atom. The second-order valence-electron chi connectivity index (χ2n) is 5.98. The molecule has 0 saturated carbocycles. The van der Waals surface area contributed by atoms with E-state index in [1.165, 1.54) is 18.2 Å². The smallest absolute Gasteiger partial charge is 0.277 e. The number of nitrogens with one attached hydrogen (secondary N) is 1. The van der Waals surface area contributed by atoms with Crippen LogP contribution >= 0.6 is 23.4 Å². The first-order chi connectivity index (χ1) is 13.4. The molecular formula is C19H17ClFN3O3S. The molecule has 0 saturated heterocycles. The molecule has 0 spiro atoms. The van der Waals surface area contributed by atoms with Crippen molar-refractivity contribution >= 4 is 35.0 Å². The van der Waals surface area contributed by atoms with E-state index in [1.54, 1.807) is 0 Å². The monoisotopic (exact) mass is 421 g/mol. The first-order valence-electron chi connectivity index (χ1n) is 8.31. The van der Waals surface area contributed by atoms with Crippen LogP contribution in [0, 0.1) is 19.7 Å². The molecule has 0 aliphatic rings. The molecule has 0 fully saturated rings. The van der Waals surface area contributed by atoms with E-state index >= 15 is 0 Å². The Morgan fingerprint density at radius 2 is 2.07 bits per heavy atom. The number of amides is 1. The number of halogens is 2. The lowest BCUT2D eigenvalue weighted by Gasteiger charge is -2.07. The molecule has 1 amide bonds. The predicted molar refractivity (Wildman–Crippen MR) is 105 cm³/mol. The van der Waals surface area contributed by atoms with Crippen LogP contribution in [0.5, 0.6) is 5.75 Å². The fraction of sp³-hybridized carbons (Fsp3) is 0.211. The Balaban J connectivity index is 1.51. The fourth-order valence-corrected chi connectivity index (χ4v) is 3.02. The van der Waals surface area contributed by atoms with Gasteiger partial charge in [0, 0.05) is 5.02 Å². The largest absolute Gasteiger partial charge is 0.484 e. The van der Waals surface area contributed by atoms with E-state index in [9.17, 15) is 9.18 Å². The number of nitrogens with zero attached hydrogens (tertiary/aromatic N) is 2. The summed E-state index contributed by atoms with van der Waals surface area (Å²) in [6, 6.07) is 9.84. The summed E-state index contributed by atoms with van der Waals surface area (Å²) in [5, 5.41) is 10.8. The van der Waals surface area contributed by atoms with E-state index in [4.69, 9.17) is 20.8 Å². The molecule has 9 heteroatoms. The number of benzene rings is 2. The molecule has 2 aromatic carbocycles. The van der Waals surface area contributed by atoms with Crippen LogP contribution in [-0.2, 0) is 11.4 Å². The van der Waals surface area contributed by atoms with Gasteiger partial charge in [-0.3, -0.25) is 4.79 Å². The fourth-order valence-electron chi connectivity index (χ4n) is 2.26. The molecule has 28 heavy (non-hydrogen) atoms. The van der Waals surface area contributed by atoms with Gasteiger partial charge in [0.25, 0.3) is 11.1 Å². The highest BCUT2D eigenvalue weighted by Crippen LogP contribution is 2.23. The molecule has 0 bridgehead atoms. The SMILES string of the molecule is Cc1ccc(C)c(OCc2nnc(SCC(=O)Nc3cc(Cl)ccc3F)o2)c1. The standard InChI is InChI=1S/C19H17ClFN3O3S/c1-11-3-4-12(2)16(7-11)26-9-18-23-24-19(27-18)28-10-17(25)22-15-8-13(20)5-6-14(15)21/h3-8H,9-10H2,1-2H3,(H,22,25). The van der Waals surface area contributed by atoms with Crippen molar-refractivity contribution in [2.45, 2.75) is 25.7 Å². The Hall–Kier alpha value is -2.58. The third-order valence-corrected chi connectivity index (χ3v) is 4.73. The lowest BCUT2D eigenvalue weighted by Crippen LogP contribution is -2.15. The van der Waals surface area contributed by atoms with Crippen molar-refractivity contribution in [1.29, 1.82) is 0 Å². The number of thioether (sulfide) groups is 1. The summed E-state index contributed by atoms with van der Waals surface area (Å²) in [5.41, 5.74) is 2.11. The number of hydrogen-bond donors (Lipinski definition) is 1. The van der Waals surface area contributed by atoms with Crippen LogP contribution in [-0.4, -0.2) is 21.9 Å². The van der Waals surface area contributed by atoms with Crippen molar-refractivity contribution in [2.75, 3.05) is 11.1 Å². The highest BCUT2D eigenvalue weighted by atomic mass is 35.5. The van der Waals surface area contributed by atoms with E-state index in [0.29, 0.717) is 10.9 Å². The van der Waals surface area contributed by atoms with Gasteiger partial charge in [-0.1, -0.05) is 35.5 Å². The number of carbonyl (C=O) groups excluding carboxylic acids is 1. The summed E-state index contributed by atoms with van der Waals surface area (Å²) in [4.78, 5) is 12.0. The van der Waals surface area contributed by atoms with Crippen LogP contribution in [0.2, 0.25) is 5.02 Å². The average molecular weight is 422 g/mol. The molecule has 0 unspecified atom stereocenters. The molecule has 146 valence electrons. The van der Waals surface area contributed by atoms with Gasteiger partial charge in [-0.15, -0.1) is 10.2 Å². The second kappa shape index (κ2) is 9.07. The maximum absolute atomic E-state index is 13.6. The van der Waals surface area contributed by atoms with Crippen LogP contribution in [0.15, 0.2) is 46.0 Å². The lowest BCUT2D eigenvalue weighted by molar-refractivity contribution is -0.113. The maximum Gasteiger partial charge on any atom is 0.277 e. The highest BCUT2D eigenvalue weighted by molar-refractivity contribution is 7.99. The molecule has 0 aliphatic carbocycles. The molecule has 1 heterocycles. The number of anilines is 1. The number of carbonyl (C=O) groups is 1. The molecule has 0 atom stereocenters. The molecule has 1 aromatic heterocycles. The quantitative estimate of drug-likeness (QED) is 0.553. The van der Waals surface area contributed by atoms with Crippen molar-refractivity contribution < 1.29 is 18.3 Å². The zero-order valence-electron chi connectivity index (χ0n) is 15.2. The second-order valence-corrected chi connectivity index (χ2v) is 7.34. The molecule has 6 nitrogen and oxygen atoms in total. The normalized spacial score (nSPS) is 10.7. The van der Waals surface area contributed by atoms with Gasteiger partial charge >= 0.3 is 0 Å². The van der Waals surface area contributed by atoms with E-state index < -0.39 is 11.7 Å². The van der Waals surface area contributed by atoms with Gasteiger partial charge < -0.3 is 14.5 Å². The minimum Gasteiger partial charge on any atom is -0.484 e. The predicted octanol–water partition coefficient (Wildman–Crippen LogP) is 4.79. The Kier molecular flexibility index (Phi) is 6.53. The molecule has 3 aromatic rings. The summed E-state index contributed by atoms with van der Waals surface area (Å²) in [5.74, 6) is 0.0369. The first-order valence-corrected chi connectivity index (χ1v) is 9.67. The Labute approximate surface area is 170 Å². The summed E-state index contributed by atoms with van der Waals surface area (Å²) in [6.45, 7) is 4.05. The van der Waals surface area contributed by atoms with Crippen molar-refractivity contribution in [2.24, 2.45) is 0 Å². The highest BCUT2D eigenvalue weighted by Gasteiger charge is 2.12. The molecular weight excluding hydrogens is 405 g/mol. The first kappa shape index (κ1) is 20.2. The van der Waals surface area contributed by atoms with Crippen LogP contribution in [0.3, 0.4) is 0 Å². The molecule has 1 N–H and O–H groups in total. The van der Waals surface area contributed by atoms with E-state index in [0.717, 1.165) is 28.6 Å². The van der Waals surface area contributed by atoms with Crippen molar-refractivity contribution in [3.05, 3.63) is 64.3 Å². The summed E-state index contributed by atoms with van der Waals surface area (Å²) >= 11 is 6.84. The van der Waals surface area contributed by atoms with Crippen LogP contribution in [0.25, 0.3) is 0 Å². The number of rotatable bonds is 7. The van der Waals surface area contributed by atoms with Crippen LogP contribution in [0.4, 0.5) is 10.1 Å². The maximum atomic E-state index is 13.6. The van der Waals surface area contributed by atoms with Crippen LogP contribution < -0.4 is 10.1 Å². The van der Waals surface area contributed by atoms with Gasteiger partial charge in [0.05, 0.1) is 11.4 Å². The number of aromatic nitrogens is 2. The molecule has 3 rings (SSSR count). The molecule has 0 radical (unpaired) electrons. The van der Waals surface area contributed by atoms with Crippen molar-refractivity contribution in [3.8, 4) is 5.75 Å². The third-order valence-electron chi connectivity index (χ3n) is 3.67. The van der Waals surface area contributed by atoms with E-state index in [1.807, 2.05) is 32.0 Å². The summed E-state index contributed by atoms with van der Waals surface area (Å²) < 4.78 is 24.8. The zero-order chi connectivity index (χ0) is 20.1. The zero-order valence-corrected chi connectivity index (χ0v) is 16.7. The number of aryl methyl sites for hydroxylation is 2. The van der Waals surface area contributed by atoms with Gasteiger partial charge in [0.1, 0.15) is 11.6 Å². The van der Waals surface area contributed by atoms with E-state index in [-0.39, 0.29) is 23.3 Å². The van der Waals surface area contributed by atoms with Gasteiger partial charge in [-0.2, -0.15) is 0 Å². The lowest BCUT2D eigenvalue weighted by atomic mass is 10.1. The van der Waals surface area contributed by atoms with E-state index in [2.05, 4.69) is 15.5 Å². The van der Waals surface area contributed by atoms with Crippen LogP contribution in [0.1, 0.15) is 17.0 Å². The minimum absolute atomic E-state index is 0.0197. The summed E-state index contributed by atoms with van der Waals surface area (Å²) in [7, 11) is 0. The van der Waals surface area contributed by atoms with Gasteiger partial charge in [0.2, 0.25) is 5.91 Å². The third kappa shape index (κ3) is 5.46. The number of hydrogen-bond acceptors (Lipinski definition) is 6. The van der Waals surface area contributed by atoms with Gasteiger partial charge in [-0.05, 0) is 49.2 Å². The number of ether oxygens (including phenoxy) is 1. The Bertz CT molecular complexity index is 996. The average Bonchev–Trinajstić information content (AvgIpc) is 3.12. The molecule has 0 aliphatic heterocycles. The van der Waals surface area contributed by atoms with Gasteiger partial charge in [0.15, 0.2) is 6.61 Å².